The number of carbonyl (C=O) groups is 3. The molecule has 2 aromatic carbocycles. The smallest absolute Gasteiger partial charge is 0.396 e. The van der Waals surface area contributed by atoms with Gasteiger partial charge >= 0.3 is 5.91 Å². The molecule has 200 valence electrons. The maximum atomic E-state index is 12.4. The molecule has 2 aromatic rings. The first kappa shape index (κ1) is 31.4. The molecule has 1 heterocycles. The largest absolute Gasteiger partial charge is 0.413 e. The van der Waals surface area contributed by atoms with E-state index in [-0.39, 0.29) is 18.4 Å². The van der Waals surface area contributed by atoms with E-state index >= 15 is 0 Å². The van der Waals surface area contributed by atoms with Crippen molar-refractivity contribution in [2.24, 2.45) is 5.92 Å². The van der Waals surface area contributed by atoms with Gasteiger partial charge in [0.25, 0.3) is 5.91 Å². The minimum atomic E-state index is -0.228. The lowest BCUT2D eigenvalue weighted by molar-refractivity contribution is -0.456. The second-order valence-electron chi connectivity index (χ2n) is 8.44. The average molecular weight is 509 g/mol. The van der Waals surface area contributed by atoms with Gasteiger partial charge < -0.3 is 15.7 Å². The Morgan fingerprint density at radius 3 is 2.38 bits per heavy atom. The highest BCUT2D eigenvalue weighted by Gasteiger charge is 2.28. The normalized spacial score (nSPS) is 11.9. The average Bonchev–Trinajstić information content (AvgIpc) is 3.30. The molecule has 3 N–H and O–H groups in total. The summed E-state index contributed by atoms with van der Waals surface area (Å²) in [5, 5.41) is 14.2. The van der Waals surface area contributed by atoms with Crippen LogP contribution in [0.4, 0.5) is 5.69 Å². The van der Waals surface area contributed by atoms with E-state index in [1.165, 1.54) is 18.9 Å². The van der Waals surface area contributed by atoms with Crippen molar-refractivity contribution < 1.29 is 24.1 Å². The van der Waals surface area contributed by atoms with E-state index < -0.39 is 0 Å². The number of benzene rings is 2. The van der Waals surface area contributed by atoms with Gasteiger partial charge in [0.15, 0.2) is 6.54 Å². The highest BCUT2D eigenvalue weighted by molar-refractivity contribution is 6.14. The Labute approximate surface area is 221 Å². The molecule has 0 bridgehead atoms. The monoisotopic (exact) mass is 508 g/mol. The maximum absolute atomic E-state index is 12.4. The van der Waals surface area contributed by atoms with E-state index in [1.54, 1.807) is 34.9 Å². The number of aliphatic hydroxyl groups is 1. The highest BCUT2D eigenvalue weighted by Crippen LogP contribution is 2.16. The molecule has 0 atom stereocenters. The summed E-state index contributed by atoms with van der Waals surface area (Å²) in [7, 11) is 0. The predicted molar refractivity (Wildman–Crippen MR) is 150 cm³/mol. The van der Waals surface area contributed by atoms with Crippen LogP contribution >= 0.6 is 0 Å². The molecule has 37 heavy (non-hydrogen) atoms. The van der Waals surface area contributed by atoms with Crippen LogP contribution in [-0.2, 0) is 16.1 Å². The van der Waals surface area contributed by atoms with Gasteiger partial charge in [0, 0.05) is 41.6 Å². The fraction of sp³-hybridized carbons (Fsp3) is 0.400. The lowest BCUT2D eigenvalue weighted by Crippen LogP contribution is -2.25. The Bertz CT molecular complexity index is 1070. The molecule has 7 nitrogen and oxygen atoms in total. The zero-order valence-electron chi connectivity index (χ0n) is 22.8. The van der Waals surface area contributed by atoms with Crippen LogP contribution in [0.3, 0.4) is 0 Å². The molecule has 0 fully saturated rings. The Kier molecular flexibility index (Phi) is 15.1. The molecular weight excluding hydrogens is 466 g/mol. The molecule has 0 unspecified atom stereocenters. The maximum Gasteiger partial charge on any atom is 0.413 e. The summed E-state index contributed by atoms with van der Waals surface area (Å²) in [5.41, 5.74) is 3.46. The summed E-state index contributed by atoms with van der Waals surface area (Å²) in [5.74, 6) is 0.560. The van der Waals surface area contributed by atoms with Gasteiger partial charge in [-0.25, -0.2) is 4.79 Å². The van der Waals surface area contributed by atoms with Crippen molar-refractivity contribution in [1.82, 2.24) is 5.32 Å². The number of hydrogen-bond acceptors (Lipinski definition) is 4. The van der Waals surface area contributed by atoms with Crippen molar-refractivity contribution in [3.63, 3.8) is 0 Å². The Hall–Kier alpha value is -3.58. The summed E-state index contributed by atoms with van der Waals surface area (Å²) in [6, 6.07) is 14.3. The molecule has 0 spiro atoms. The number of rotatable bonds is 11. The molecule has 1 aliphatic rings. The van der Waals surface area contributed by atoms with Crippen molar-refractivity contribution >= 4 is 29.6 Å². The van der Waals surface area contributed by atoms with Gasteiger partial charge in [-0.15, -0.1) is 0 Å². The summed E-state index contributed by atoms with van der Waals surface area (Å²) in [6.45, 7) is 11.5. The Morgan fingerprint density at radius 2 is 1.76 bits per heavy atom. The van der Waals surface area contributed by atoms with Crippen LogP contribution in [0.1, 0.15) is 75.4 Å². The summed E-state index contributed by atoms with van der Waals surface area (Å²) in [4.78, 5) is 35.4. The van der Waals surface area contributed by atoms with Gasteiger partial charge in [-0.1, -0.05) is 65.7 Å². The van der Waals surface area contributed by atoms with E-state index in [4.69, 9.17) is 5.11 Å². The van der Waals surface area contributed by atoms with Gasteiger partial charge in [0.2, 0.25) is 12.1 Å². The number of carbonyl (C=O) groups excluding carboxylic acids is 3. The third kappa shape index (κ3) is 10.5. The van der Waals surface area contributed by atoms with E-state index in [2.05, 4.69) is 31.4 Å². The molecule has 7 heteroatoms. The first-order chi connectivity index (χ1) is 17.9. The van der Waals surface area contributed by atoms with Crippen LogP contribution in [0, 0.1) is 5.92 Å². The number of aliphatic hydroxyl groups excluding tert-OH is 1. The molecule has 3 amide bonds. The minimum Gasteiger partial charge on any atom is -0.396 e. The van der Waals surface area contributed by atoms with Gasteiger partial charge in [-0.2, -0.15) is 4.58 Å². The second kappa shape index (κ2) is 17.8. The summed E-state index contributed by atoms with van der Waals surface area (Å²) < 4.78 is 1.63. The lowest BCUT2D eigenvalue weighted by atomic mass is 10.1. The van der Waals surface area contributed by atoms with Gasteiger partial charge in [-0.3, -0.25) is 9.59 Å². The lowest BCUT2D eigenvalue weighted by Gasteiger charge is -2.07. The van der Waals surface area contributed by atoms with E-state index in [9.17, 15) is 14.4 Å². The first-order valence-corrected chi connectivity index (χ1v) is 13.1. The van der Waals surface area contributed by atoms with Gasteiger partial charge in [0.1, 0.15) is 0 Å². The molecule has 1 aliphatic heterocycles. The molecule has 0 radical (unpaired) electrons. The standard InChI is InChI=1S/C22H21N3O4.C6H14.C2H6/c26-11-3-10-23-22(29)18-6-2-5-17(13-18)20-8-9-21(28)25(20)14-16-4-1-7-19(12-16)24-15-27;1-4-6(3)5-2;1-2/h1-2,4-9,12-13,15,26H,3,10-11,14H2,(H-,23,24,27,29);6H,4-5H2,1-3H3;1-2H3/p+1. The van der Waals surface area contributed by atoms with Crippen LogP contribution in [0.25, 0.3) is 0 Å². The first-order valence-electron chi connectivity index (χ1n) is 13.1. The van der Waals surface area contributed by atoms with Gasteiger partial charge in [0.05, 0.1) is 6.08 Å². The van der Waals surface area contributed by atoms with E-state index in [1.807, 2.05) is 38.1 Å². The van der Waals surface area contributed by atoms with Crippen molar-refractivity contribution in [3.8, 4) is 0 Å². The van der Waals surface area contributed by atoms with Crippen LogP contribution in [-0.4, -0.2) is 46.8 Å². The topological polar surface area (TPSA) is 98.5 Å². The number of hydrogen-bond donors (Lipinski definition) is 3. The van der Waals surface area contributed by atoms with Crippen molar-refractivity contribution in [1.29, 1.82) is 0 Å². The molecule has 0 aromatic heterocycles. The molecule has 0 saturated heterocycles. The minimum absolute atomic E-state index is 0.0175. The van der Waals surface area contributed by atoms with Crippen molar-refractivity contribution in [2.45, 2.75) is 60.4 Å². The fourth-order valence-electron chi connectivity index (χ4n) is 3.37. The fourth-order valence-corrected chi connectivity index (χ4v) is 3.37. The zero-order valence-corrected chi connectivity index (χ0v) is 22.8. The highest BCUT2D eigenvalue weighted by atomic mass is 16.3. The SMILES string of the molecule is CC.CCC(C)CC.O=CNc1cccc(C[N+]2=C(c3cccc(C(=O)NCCCO)c3)C=CC2=O)c1. The Morgan fingerprint density at radius 1 is 1.05 bits per heavy atom. The Balaban J connectivity index is 0.000000752. The van der Waals surface area contributed by atoms with E-state index in [0.29, 0.717) is 42.9 Å². The van der Waals surface area contributed by atoms with Crippen molar-refractivity contribution in [2.75, 3.05) is 18.5 Å². The van der Waals surface area contributed by atoms with Crippen LogP contribution in [0.2, 0.25) is 0 Å². The third-order valence-electron chi connectivity index (χ3n) is 5.87. The molecule has 0 aliphatic carbocycles. The number of nitrogens with one attached hydrogen (secondary N) is 2. The van der Waals surface area contributed by atoms with Crippen LogP contribution in [0.5, 0.6) is 0 Å². The van der Waals surface area contributed by atoms with Crippen LogP contribution in [0.15, 0.2) is 60.7 Å². The number of nitrogens with zero attached hydrogens (tertiary/aromatic N) is 1. The number of anilines is 1. The quantitative estimate of drug-likeness (QED) is 0.228. The molecule has 3 rings (SSSR count). The van der Waals surface area contributed by atoms with Crippen molar-refractivity contribution in [3.05, 3.63) is 77.4 Å². The van der Waals surface area contributed by atoms with Crippen LogP contribution < -0.4 is 10.6 Å². The molecular formula is C30H42N3O4+. The van der Waals surface area contributed by atoms with Gasteiger partial charge in [-0.05, 0) is 42.7 Å². The number of allylic oxidation sites excluding steroid dienone is 1. The van der Waals surface area contributed by atoms with E-state index in [0.717, 1.165) is 17.0 Å². The predicted octanol–water partition coefficient (Wildman–Crippen LogP) is 4.93. The molecule has 0 saturated carbocycles. The summed E-state index contributed by atoms with van der Waals surface area (Å²) >= 11 is 0. The second-order valence-corrected chi connectivity index (χ2v) is 8.44. The zero-order chi connectivity index (χ0) is 27.6. The summed E-state index contributed by atoms with van der Waals surface area (Å²) in [6.07, 6.45) is 6.99. The number of amides is 3. The third-order valence-corrected chi connectivity index (χ3v) is 5.87.